The largest absolute Gasteiger partial charge is 0.490 e. The van der Waals surface area contributed by atoms with E-state index < -0.39 is 29.2 Å². The molecular weight excluding hydrogens is 586 g/mol. The Morgan fingerprint density at radius 3 is 2.74 bits per heavy atom. The molecule has 0 radical (unpaired) electrons. The lowest BCUT2D eigenvalue weighted by atomic mass is 9.95. The van der Waals surface area contributed by atoms with Gasteiger partial charge in [0.2, 0.25) is 0 Å². The molecule has 0 bridgehead atoms. The molecule has 0 saturated heterocycles. The Balaban J connectivity index is 1.40. The van der Waals surface area contributed by atoms with Crippen LogP contribution in [-0.4, -0.2) is 54.8 Å². The number of esters is 1. The standard InChI is InChI=1S/C28H28ClN5O9/c1-4-41-23-11-16(26-25(27(36)40-3)15(2)31-28(37)32-26)5-9-22(23)42-14-24(35)33-30-13-18-7-10-21(43-18)19-8-6-17(29)12-20(19)34(38)39/h5-13,24,26,33,35H,4,14H2,1-3H3,(H2,31,32,37)/b30-13+/t24-,26+/m1/s1. The van der Waals surface area contributed by atoms with Crippen molar-refractivity contribution in [1.82, 2.24) is 16.1 Å². The molecule has 2 heterocycles. The van der Waals surface area contributed by atoms with Crippen LogP contribution in [0.25, 0.3) is 11.3 Å². The van der Waals surface area contributed by atoms with Crippen LogP contribution in [0.2, 0.25) is 5.02 Å². The number of carbonyl (C=O) groups excluding carboxylic acids is 2. The van der Waals surface area contributed by atoms with Crippen molar-refractivity contribution in [2.75, 3.05) is 20.3 Å². The molecule has 226 valence electrons. The molecule has 1 aliphatic heterocycles. The molecule has 0 unspecified atom stereocenters. The Morgan fingerprint density at radius 1 is 1.23 bits per heavy atom. The first-order valence-electron chi connectivity index (χ1n) is 12.9. The van der Waals surface area contributed by atoms with Gasteiger partial charge in [0.1, 0.15) is 18.1 Å². The maximum Gasteiger partial charge on any atom is 0.337 e. The average Bonchev–Trinajstić information content (AvgIpc) is 3.44. The summed E-state index contributed by atoms with van der Waals surface area (Å²) in [6, 6.07) is 11.0. The molecule has 4 rings (SSSR count). The summed E-state index contributed by atoms with van der Waals surface area (Å²) in [5.74, 6) is 0.546. The van der Waals surface area contributed by atoms with Gasteiger partial charge in [0, 0.05) is 16.8 Å². The van der Waals surface area contributed by atoms with E-state index in [1.807, 2.05) is 0 Å². The third kappa shape index (κ3) is 7.42. The minimum Gasteiger partial charge on any atom is -0.490 e. The second kappa shape index (κ2) is 13.7. The molecule has 4 N–H and O–H groups in total. The molecule has 2 aromatic carbocycles. The van der Waals surface area contributed by atoms with Crippen LogP contribution in [0, 0.1) is 10.1 Å². The lowest BCUT2D eigenvalue weighted by Crippen LogP contribution is -2.45. The number of allylic oxidation sites excluding steroid dienone is 1. The zero-order valence-corrected chi connectivity index (χ0v) is 24.0. The van der Waals surface area contributed by atoms with Gasteiger partial charge in [-0.15, -0.1) is 0 Å². The molecule has 0 aliphatic carbocycles. The van der Waals surface area contributed by atoms with E-state index in [1.165, 1.54) is 31.5 Å². The number of carbonyl (C=O) groups is 2. The SMILES string of the molecule is CCOc1cc([C@@H]2NC(=O)NC(C)=C2C(=O)OC)ccc1OC[C@@H](O)N/N=C/c1ccc(-c2ccc(Cl)cc2[N+](=O)[O-])o1. The average molecular weight is 614 g/mol. The number of urea groups is 1. The van der Waals surface area contributed by atoms with Gasteiger partial charge in [0.25, 0.3) is 5.69 Å². The van der Waals surface area contributed by atoms with Crippen molar-refractivity contribution < 1.29 is 38.2 Å². The highest BCUT2D eigenvalue weighted by atomic mass is 35.5. The van der Waals surface area contributed by atoms with Crippen LogP contribution in [0.3, 0.4) is 0 Å². The number of nitrogens with one attached hydrogen (secondary N) is 3. The minimum atomic E-state index is -1.24. The fraction of sp³-hybridized carbons (Fsp3) is 0.250. The van der Waals surface area contributed by atoms with E-state index in [9.17, 15) is 24.8 Å². The van der Waals surface area contributed by atoms with Gasteiger partial charge >= 0.3 is 12.0 Å². The van der Waals surface area contributed by atoms with Crippen LogP contribution < -0.4 is 25.5 Å². The molecule has 2 amide bonds. The van der Waals surface area contributed by atoms with Gasteiger partial charge in [-0.05, 0) is 55.8 Å². The lowest BCUT2D eigenvalue weighted by molar-refractivity contribution is -0.384. The summed E-state index contributed by atoms with van der Waals surface area (Å²) < 4.78 is 22.0. The highest BCUT2D eigenvalue weighted by Crippen LogP contribution is 2.35. The van der Waals surface area contributed by atoms with Crippen molar-refractivity contribution in [2.45, 2.75) is 26.1 Å². The number of methoxy groups -OCH3 is 1. The summed E-state index contributed by atoms with van der Waals surface area (Å²) in [6.45, 7) is 3.45. The number of hydrogen-bond acceptors (Lipinski definition) is 11. The Morgan fingerprint density at radius 2 is 2.02 bits per heavy atom. The number of aliphatic hydroxyl groups is 1. The van der Waals surface area contributed by atoms with Crippen molar-refractivity contribution in [3.05, 3.63) is 86.3 Å². The number of hydrogen-bond donors (Lipinski definition) is 4. The van der Waals surface area contributed by atoms with Crippen LogP contribution in [0.15, 0.2) is 69.3 Å². The van der Waals surface area contributed by atoms with Crippen LogP contribution in [-0.2, 0) is 9.53 Å². The summed E-state index contributed by atoms with van der Waals surface area (Å²) in [7, 11) is 1.25. The number of ether oxygens (including phenoxy) is 3. The first-order chi connectivity index (χ1) is 20.6. The summed E-state index contributed by atoms with van der Waals surface area (Å²) in [4.78, 5) is 35.3. The Bertz CT molecular complexity index is 1590. The second-order valence-corrected chi connectivity index (χ2v) is 9.47. The monoisotopic (exact) mass is 613 g/mol. The van der Waals surface area contributed by atoms with Gasteiger partial charge in [-0.25, -0.2) is 9.59 Å². The predicted octanol–water partition coefficient (Wildman–Crippen LogP) is 4.03. The summed E-state index contributed by atoms with van der Waals surface area (Å²) in [5, 5.41) is 31.1. The number of nitrogens with zero attached hydrogens (tertiary/aromatic N) is 2. The van der Waals surface area contributed by atoms with Crippen molar-refractivity contribution in [3.8, 4) is 22.8 Å². The number of aliphatic hydroxyl groups excluding tert-OH is 1. The topological polar surface area (TPSA) is 187 Å². The molecule has 43 heavy (non-hydrogen) atoms. The number of nitro benzene ring substituents is 1. The van der Waals surface area contributed by atoms with E-state index in [4.69, 9.17) is 30.2 Å². The van der Waals surface area contributed by atoms with Crippen LogP contribution >= 0.6 is 11.6 Å². The first kappa shape index (κ1) is 30.9. The zero-order chi connectivity index (χ0) is 31.1. The normalized spacial score (nSPS) is 15.5. The van der Waals surface area contributed by atoms with Gasteiger partial charge < -0.3 is 34.4 Å². The van der Waals surface area contributed by atoms with E-state index >= 15 is 0 Å². The number of halogens is 1. The zero-order valence-electron chi connectivity index (χ0n) is 23.3. The number of amides is 2. The van der Waals surface area contributed by atoms with Gasteiger partial charge in [-0.1, -0.05) is 17.7 Å². The maximum absolute atomic E-state index is 12.4. The van der Waals surface area contributed by atoms with Crippen molar-refractivity contribution in [2.24, 2.45) is 5.10 Å². The molecular formula is C28H28ClN5O9. The minimum absolute atomic E-state index is 0.202. The third-order valence-corrected chi connectivity index (χ3v) is 6.37. The lowest BCUT2D eigenvalue weighted by Gasteiger charge is -2.28. The van der Waals surface area contributed by atoms with E-state index in [1.54, 1.807) is 44.2 Å². The Hall–Kier alpha value is -5.08. The number of furan rings is 1. The van der Waals surface area contributed by atoms with E-state index in [0.29, 0.717) is 29.4 Å². The summed E-state index contributed by atoms with van der Waals surface area (Å²) in [5.41, 5.74) is 3.71. The molecule has 1 aromatic heterocycles. The number of hydrazone groups is 1. The fourth-order valence-corrected chi connectivity index (χ4v) is 4.41. The van der Waals surface area contributed by atoms with E-state index in [2.05, 4.69) is 21.2 Å². The Labute approximate surface area is 250 Å². The molecule has 3 aromatic rings. The molecule has 2 atom stereocenters. The smallest absolute Gasteiger partial charge is 0.337 e. The van der Waals surface area contributed by atoms with Crippen LogP contribution in [0.4, 0.5) is 10.5 Å². The van der Waals surface area contributed by atoms with Crippen molar-refractivity contribution >= 4 is 35.5 Å². The summed E-state index contributed by atoms with van der Waals surface area (Å²) in [6.07, 6.45) is 0.0498. The van der Waals surface area contributed by atoms with Gasteiger partial charge in [0.05, 0.1) is 42.0 Å². The van der Waals surface area contributed by atoms with Gasteiger partial charge in [0.15, 0.2) is 17.7 Å². The number of benzene rings is 2. The van der Waals surface area contributed by atoms with E-state index in [0.717, 1.165) is 0 Å². The van der Waals surface area contributed by atoms with Crippen molar-refractivity contribution in [1.29, 1.82) is 0 Å². The highest BCUT2D eigenvalue weighted by molar-refractivity contribution is 6.30. The molecule has 0 saturated carbocycles. The van der Waals surface area contributed by atoms with Gasteiger partial charge in [-0.3, -0.25) is 15.5 Å². The van der Waals surface area contributed by atoms with E-state index in [-0.39, 0.29) is 40.0 Å². The first-order valence-corrected chi connectivity index (χ1v) is 13.3. The summed E-state index contributed by atoms with van der Waals surface area (Å²) >= 11 is 5.87. The molecule has 14 nitrogen and oxygen atoms in total. The Kier molecular flexibility index (Phi) is 9.85. The molecule has 15 heteroatoms. The van der Waals surface area contributed by atoms with Crippen LogP contribution in [0.1, 0.15) is 31.2 Å². The van der Waals surface area contributed by atoms with Gasteiger partial charge in [-0.2, -0.15) is 5.10 Å². The number of nitro groups is 1. The third-order valence-electron chi connectivity index (χ3n) is 6.14. The predicted molar refractivity (Wildman–Crippen MR) is 155 cm³/mol. The highest BCUT2D eigenvalue weighted by Gasteiger charge is 2.32. The second-order valence-electron chi connectivity index (χ2n) is 9.04. The molecule has 0 spiro atoms. The quantitative estimate of drug-likeness (QED) is 0.0763. The van der Waals surface area contributed by atoms with Crippen LogP contribution in [0.5, 0.6) is 11.5 Å². The maximum atomic E-state index is 12.4. The van der Waals surface area contributed by atoms with Crippen molar-refractivity contribution in [3.63, 3.8) is 0 Å². The fourth-order valence-electron chi connectivity index (χ4n) is 4.24. The number of rotatable bonds is 12. The molecule has 1 aliphatic rings. The molecule has 0 fully saturated rings.